The molecule has 1 heterocycles. The summed E-state index contributed by atoms with van der Waals surface area (Å²) >= 11 is 1.73. The van der Waals surface area contributed by atoms with E-state index >= 15 is 0 Å². The van der Waals surface area contributed by atoms with E-state index in [1.807, 2.05) is 29.2 Å². The Kier molecular flexibility index (Phi) is 6.03. The van der Waals surface area contributed by atoms with Crippen LogP contribution >= 0.6 is 11.8 Å². The number of fused-ring (bicyclic) bond motifs is 2. The van der Waals surface area contributed by atoms with Crippen molar-refractivity contribution in [3.05, 3.63) is 48.0 Å². The molecule has 1 aliphatic heterocycles. The first kappa shape index (κ1) is 17.9. The largest absolute Gasteiger partial charge is 0.353 e. The second kappa shape index (κ2) is 8.43. The van der Waals surface area contributed by atoms with Crippen molar-refractivity contribution in [3.63, 3.8) is 0 Å². The van der Waals surface area contributed by atoms with Crippen LogP contribution < -0.4 is 5.32 Å². The van der Waals surface area contributed by atoms with Gasteiger partial charge < -0.3 is 10.2 Å². The first-order valence-electron chi connectivity index (χ1n) is 9.20. The Balaban J connectivity index is 1.88. The minimum atomic E-state index is 0.145. The van der Waals surface area contributed by atoms with Gasteiger partial charge in [-0.2, -0.15) is 0 Å². The Bertz CT molecular complexity index is 736. The zero-order valence-corrected chi connectivity index (χ0v) is 15.9. The minimum Gasteiger partial charge on any atom is -0.353 e. The predicted octanol–water partition coefficient (Wildman–Crippen LogP) is 5.94. The summed E-state index contributed by atoms with van der Waals surface area (Å²) in [5, 5.41) is 3.49. The Labute approximate surface area is 154 Å². The van der Waals surface area contributed by atoms with Crippen LogP contribution in [0.5, 0.6) is 0 Å². The number of unbranched alkanes of at least 4 members (excludes halogenated alkanes) is 2. The van der Waals surface area contributed by atoms with Crippen LogP contribution in [-0.2, 0) is 0 Å². The van der Waals surface area contributed by atoms with Crippen molar-refractivity contribution in [1.82, 2.24) is 4.90 Å². The van der Waals surface area contributed by atoms with Gasteiger partial charge >= 0.3 is 0 Å². The second-order valence-corrected chi connectivity index (χ2v) is 7.49. The number of nitrogens with one attached hydrogen (secondary N) is 1. The Morgan fingerprint density at radius 3 is 2.36 bits per heavy atom. The van der Waals surface area contributed by atoms with Gasteiger partial charge in [0.2, 0.25) is 0 Å². The number of carbonyl (C=O) groups is 1. The van der Waals surface area contributed by atoms with Crippen molar-refractivity contribution < 1.29 is 4.79 Å². The third kappa shape index (κ3) is 4.01. The lowest BCUT2D eigenvalue weighted by Gasteiger charge is -2.27. The summed E-state index contributed by atoms with van der Waals surface area (Å²) < 4.78 is 0. The van der Waals surface area contributed by atoms with E-state index in [4.69, 9.17) is 0 Å². The zero-order chi connectivity index (χ0) is 17.6. The fourth-order valence-electron chi connectivity index (χ4n) is 3.02. The summed E-state index contributed by atoms with van der Waals surface area (Å²) in [6.45, 7) is 6.01. The zero-order valence-electron chi connectivity index (χ0n) is 15.0. The summed E-state index contributed by atoms with van der Waals surface area (Å²) in [7, 11) is 0. The van der Waals surface area contributed by atoms with E-state index in [0.717, 1.165) is 60.6 Å². The third-order valence-electron chi connectivity index (χ3n) is 4.47. The van der Waals surface area contributed by atoms with Crippen LogP contribution in [0, 0.1) is 0 Å². The lowest BCUT2D eigenvalue weighted by Crippen LogP contribution is -2.33. The molecule has 0 radical (unpaired) electrons. The van der Waals surface area contributed by atoms with Gasteiger partial charge in [0.25, 0.3) is 5.91 Å². The monoisotopic (exact) mass is 354 g/mol. The number of nitrogens with zero attached hydrogens (tertiary/aromatic N) is 1. The Morgan fingerprint density at radius 2 is 1.64 bits per heavy atom. The molecule has 0 aromatic heterocycles. The van der Waals surface area contributed by atoms with E-state index in [9.17, 15) is 4.79 Å². The van der Waals surface area contributed by atoms with Crippen molar-refractivity contribution in [1.29, 1.82) is 0 Å². The van der Waals surface area contributed by atoms with Crippen molar-refractivity contribution in [2.45, 2.75) is 49.3 Å². The molecule has 1 amide bonds. The summed E-state index contributed by atoms with van der Waals surface area (Å²) in [5.74, 6) is 0.145. The summed E-state index contributed by atoms with van der Waals surface area (Å²) in [4.78, 5) is 17.6. The van der Waals surface area contributed by atoms with Gasteiger partial charge in [0.15, 0.2) is 0 Å². The average molecular weight is 355 g/mol. The number of hydrogen-bond donors (Lipinski definition) is 1. The molecule has 1 N–H and O–H groups in total. The van der Waals surface area contributed by atoms with Gasteiger partial charge in [-0.1, -0.05) is 56.7 Å². The molecule has 0 saturated carbocycles. The number of anilines is 2. The van der Waals surface area contributed by atoms with Crippen molar-refractivity contribution >= 4 is 29.0 Å². The summed E-state index contributed by atoms with van der Waals surface area (Å²) in [6.07, 6.45) is 4.31. The fourth-order valence-corrected chi connectivity index (χ4v) is 4.04. The molecule has 0 unspecified atom stereocenters. The molecule has 3 rings (SSSR count). The number of benzene rings is 2. The van der Waals surface area contributed by atoms with Crippen LogP contribution in [0.1, 0.15) is 49.9 Å². The van der Waals surface area contributed by atoms with Crippen LogP contribution in [0.25, 0.3) is 0 Å². The highest BCUT2D eigenvalue weighted by Gasteiger charge is 2.24. The average Bonchev–Trinajstić information content (AvgIpc) is 2.65. The van der Waals surface area contributed by atoms with Gasteiger partial charge in [-0.05, 0) is 37.1 Å². The molecule has 0 aliphatic carbocycles. The van der Waals surface area contributed by atoms with Crippen molar-refractivity contribution in [2.24, 2.45) is 0 Å². The molecule has 25 heavy (non-hydrogen) atoms. The smallest absolute Gasteiger partial charge is 0.256 e. The molecule has 0 fully saturated rings. The molecular weight excluding hydrogens is 328 g/mol. The van der Waals surface area contributed by atoms with E-state index in [0.29, 0.717) is 0 Å². The van der Waals surface area contributed by atoms with Gasteiger partial charge in [-0.3, -0.25) is 4.79 Å². The van der Waals surface area contributed by atoms with Gasteiger partial charge in [0, 0.05) is 22.9 Å². The lowest BCUT2D eigenvalue weighted by molar-refractivity contribution is 0.0752. The fraction of sp³-hybridized carbons (Fsp3) is 0.381. The van der Waals surface area contributed by atoms with E-state index in [1.165, 1.54) is 4.90 Å². The molecule has 0 bridgehead atoms. The molecule has 0 atom stereocenters. The molecule has 3 nitrogen and oxygen atoms in total. The Morgan fingerprint density at radius 1 is 0.960 bits per heavy atom. The number of amides is 1. The van der Waals surface area contributed by atoms with Gasteiger partial charge in [0.05, 0.1) is 16.9 Å². The number of carbonyl (C=O) groups excluding carboxylic acids is 1. The van der Waals surface area contributed by atoms with Crippen LogP contribution in [-0.4, -0.2) is 23.9 Å². The molecule has 4 heteroatoms. The summed E-state index contributed by atoms with van der Waals surface area (Å²) in [5.41, 5.74) is 2.81. The SMILES string of the molecule is CCCCN(CCCC)C(=O)c1cccc2c1Nc1ccccc1S2. The molecule has 1 aliphatic rings. The van der Waals surface area contributed by atoms with Gasteiger partial charge in [0.1, 0.15) is 0 Å². The minimum absolute atomic E-state index is 0.145. The van der Waals surface area contributed by atoms with E-state index in [-0.39, 0.29) is 5.91 Å². The number of para-hydroxylation sites is 2. The van der Waals surface area contributed by atoms with E-state index < -0.39 is 0 Å². The van der Waals surface area contributed by atoms with Crippen molar-refractivity contribution in [2.75, 3.05) is 18.4 Å². The molecule has 0 saturated heterocycles. The van der Waals surface area contributed by atoms with Crippen LogP contribution in [0.15, 0.2) is 52.3 Å². The first-order valence-corrected chi connectivity index (χ1v) is 10.0. The highest BCUT2D eigenvalue weighted by Crippen LogP contribution is 2.45. The van der Waals surface area contributed by atoms with Gasteiger partial charge in [-0.15, -0.1) is 0 Å². The Hall–Kier alpha value is -1.94. The van der Waals surface area contributed by atoms with Crippen molar-refractivity contribution in [3.8, 4) is 0 Å². The highest BCUT2D eigenvalue weighted by molar-refractivity contribution is 7.99. The molecule has 0 spiro atoms. The van der Waals surface area contributed by atoms with E-state index in [1.54, 1.807) is 11.8 Å². The maximum absolute atomic E-state index is 13.2. The topological polar surface area (TPSA) is 32.3 Å². The standard InChI is InChI=1S/C21H26N2OS/c1-3-5-14-23(15-6-4-2)21(24)16-10-9-13-19-20(16)22-17-11-7-8-12-18(17)25-19/h7-13,22H,3-6,14-15H2,1-2H3. The quantitative estimate of drug-likeness (QED) is 0.570. The molecular formula is C21H26N2OS. The maximum Gasteiger partial charge on any atom is 0.256 e. The van der Waals surface area contributed by atoms with Crippen LogP contribution in [0.3, 0.4) is 0 Å². The summed E-state index contributed by atoms with van der Waals surface area (Å²) in [6, 6.07) is 14.3. The number of rotatable bonds is 7. The molecule has 132 valence electrons. The molecule has 2 aromatic carbocycles. The van der Waals surface area contributed by atoms with E-state index in [2.05, 4.69) is 37.4 Å². The normalized spacial score (nSPS) is 12.1. The first-order chi connectivity index (χ1) is 12.2. The predicted molar refractivity (Wildman–Crippen MR) is 106 cm³/mol. The van der Waals surface area contributed by atoms with Crippen LogP contribution in [0.4, 0.5) is 11.4 Å². The second-order valence-electron chi connectivity index (χ2n) is 6.40. The van der Waals surface area contributed by atoms with Crippen LogP contribution in [0.2, 0.25) is 0 Å². The maximum atomic E-state index is 13.2. The number of hydrogen-bond acceptors (Lipinski definition) is 3. The lowest BCUT2D eigenvalue weighted by atomic mass is 10.1. The third-order valence-corrected chi connectivity index (χ3v) is 5.61. The van der Waals surface area contributed by atoms with Gasteiger partial charge in [-0.25, -0.2) is 0 Å². The highest BCUT2D eigenvalue weighted by atomic mass is 32.2. The molecule has 2 aromatic rings.